The molecule has 1 fully saturated rings. The number of ether oxygens (including phenoxy) is 2. The molecule has 28 heavy (non-hydrogen) atoms. The summed E-state index contributed by atoms with van der Waals surface area (Å²) < 4.78 is 14.3. The van der Waals surface area contributed by atoms with Gasteiger partial charge in [-0.3, -0.25) is 0 Å². The van der Waals surface area contributed by atoms with Crippen LogP contribution in [0, 0.1) is 0 Å². The van der Waals surface area contributed by atoms with E-state index in [1.54, 1.807) is 12.5 Å². The molecule has 0 spiro atoms. The molecule has 2 heterocycles. The molecular weight excluding hydrogens is 388 g/mol. The molecule has 9 heteroatoms. The molecule has 2 unspecified atom stereocenters. The summed E-state index contributed by atoms with van der Waals surface area (Å²) in [6.45, 7) is 3.45. The van der Waals surface area contributed by atoms with Crippen LogP contribution < -0.4 is 0 Å². The lowest BCUT2D eigenvalue weighted by Gasteiger charge is -2.28. The number of hydrogen-bond donors (Lipinski definition) is 2. The van der Waals surface area contributed by atoms with Crippen molar-refractivity contribution in [1.29, 1.82) is 0 Å². The highest BCUT2D eigenvalue weighted by Crippen LogP contribution is 2.32. The van der Waals surface area contributed by atoms with E-state index in [0.717, 1.165) is 24.3 Å². The van der Waals surface area contributed by atoms with Gasteiger partial charge in [-0.1, -0.05) is 30.7 Å². The van der Waals surface area contributed by atoms with Crippen molar-refractivity contribution in [2.24, 2.45) is 0 Å². The third kappa shape index (κ3) is 6.63. The fraction of sp³-hybridized carbons (Fsp3) is 0.421. The molecule has 0 bridgehead atoms. The van der Waals surface area contributed by atoms with Gasteiger partial charge < -0.3 is 24.3 Å². The van der Waals surface area contributed by atoms with Crippen LogP contribution in [0.1, 0.15) is 25.3 Å². The maximum absolute atomic E-state index is 9.10. The Morgan fingerprint density at radius 3 is 2.46 bits per heavy atom. The number of imidazole rings is 1. The van der Waals surface area contributed by atoms with Gasteiger partial charge in [-0.15, -0.1) is 0 Å². The smallest absolute Gasteiger partial charge is 0.414 e. The minimum atomic E-state index is -1.82. The Bertz CT molecular complexity index is 753. The van der Waals surface area contributed by atoms with Gasteiger partial charge in [0.1, 0.15) is 0 Å². The van der Waals surface area contributed by atoms with Gasteiger partial charge in [-0.05, 0) is 30.5 Å². The molecule has 1 aliphatic heterocycles. The zero-order chi connectivity index (χ0) is 20.6. The van der Waals surface area contributed by atoms with Crippen LogP contribution in [0.2, 0.25) is 5.02 Å². The molecule has 0 amide bonds. The topological polar surface area (TPSA) is 111 Å². The summed E-state index contributed by atoms with van der Waals surface area (Å²) in [5.41, 5.74) is 1.24. The minimum Gasteiger partial charge on any atom is -0.473 e. The van der Waals surface area contributed by atoms with Crippen LogP contribution in [0.4, 0.5) is 0 Å². The van der Waals surface area contributed by atoms with E-state index in [2.05, 4.69) is 24.0 Å². The number of aromatic nitrogens is 2. The van der Waals surface area contributed by atoms with E-state index in [4.69, 9.17) is 40.9 Å². The van der Waals surface area contributed by atoms with Crippen LogP contribution in [-0.4, -0.2) is 50.2 Å². The van der Waals surface area contributed by atoms with E-state index in [-0.39, 0.29) is 6.10 Å². The van der Waals surface area contributed by atoms with Crippen molar-refractivity contribution >= 4 is 23.5 Å². The van der Waals surface area contributed by atoms with Crippen molar-refractivity contribution in [3.63, 3.8) is 0 Å². The summed E-state index contributed by atoms with van der Waals surface area (Å²) in [5.74, 6) is -4.22. The van der Waals surface area contributed by atoms with Crippen LogP contribution in [0.3, 0.4) is 0 Å². The summed E-state index contributed by atoms with van der Waals surface area (Å²) >= 11 is 5.94. The fourth-order valence-electron chi connectivity index (χ4n) is 2.76. The maximum Gasteiger partial charge on any atom is 0.414 e. The Hall–Kier alpha value is -2.42. The first-order chi connectivity index (χ1) is 13.3. The van der Waals surface area contributed by atoms with Crippen LogP contribution >= 0.6 is 11.6 Å². The third-order valence-electron chi connectivity index (χ3n) is 4.24. The van der Waals surface area contributed by atoms with Crippen LogP contribution in [0.15, 0.2) is 43.0 Å². The Balaban J connectivity index is 0.000000409. The van der Waals surface area contributed by atoms with Gasteiger partial charge in [-0.25, -0.2) is 14.6 Å². The Morgan fingerprint density at radius 1 is 1.29 bits per heavy atom. The molecule has 8 nitrogen and oxygen atoms in total. The van der Waals surface area contributed by atoms with Crippen molar-refractivity contribution in [3.8, 4) is 0 Å². The average Bonchev–Trinajstić information content (AvgIpc) is 3.32. The fourth-order valence-corrected chi connectivity index (χ4v) is 2.88. The first-order valence-corrected chi connectivity index (χ1v) is 9.19. The molecule has 1 aromatic carbocycles. The first kappa shape index (κ1) is 21.9. The van der Waals surface area contributed by atoms with Gasteiger partial charge in [0.15, 0.2) is 5.79 Å². The lowest BCUT2D eigenvalue weighted by Crippen LogP contribution is -2.36. The first-order valence-electron chi connectivity index (χ1n) is 8.82. The van der Waals surface area contributed by atoms with Gasteiger partial charge in [0.25, 0.3) is 0 Å². The SMILES string of the molecule is CCC1COC(CCc2ccc(Cl)cc2)(Cn2ccnc2)O1.O=C(O)C(=O)O. The van der Waals surface area contributed by atoms with E-state index in [1.807, 2.05) is 22.9 Å². The Labute approximate surface area is 167 Å². The predicted octanol–water partition coefficient (Wildman–Crippen LogP) is 2.85. The average molecular weight is 411 g/mol. The molecule has 152 valence electrons. The van der Waals surface area contributed by atoms with Gasteiger partial charge in [0, 0.05) is 23.8 Å². The Kier molecular flexibility index (Phi) is 7.98. The summed E-state index contributed by atoms with van der Waals surface area (Å²) in [4.78, 5) is 22.3. The van der Waals surface area contributed by atoms with E-state index in [0.29, 0.717) is 13.2 Å². The second-order valence-electron chi connectivity index (χ2n) is 6.34. The van der Waals surface area contributed by atoms with Gasteiger partial charge in [0.05, 0.1) is 25.6 Å². The summed E-state index contributed by atoms with van der Waals surface area (Å²) in [7, 11) is 0. The van der Waals surface area contributed by atoms with E-state index < -0.39 is 17.7 Å². The predicted molar refractivity (Wildman–Crippen MR) is 101 cm³/mol. The number of halogens is 1. The molecule has 1 saturated heterocycles. The minimum absolute atomic E-state index is 0.175. The second-order valence-corrected chi connectivity index (χ2v) is 6.78. The zero-order valence-corrected chi connectivity index (χ0v) is 16.2. The molecular formula is C19H23ClN2O6. The number of aryl methyl sites for hydroxylation is 1. The van der Waals surface area contributed by atoms with Gasteiger partial charge in [0.2, 0.25) is 0 Å². The van der Waals surface area contributed by atoms with Crippen molar-refractivity contribution in [3.05, 3.63) is 53.6 Å². The highest BCUT2D eigenvalue weighted by atomic mass is 35.5. The monoisotopic (exact) mass is 410 g/mol. The van der Waals surface area contributed by atoms with Crippen molar-refractivity contribution < 1.29 is 29.3 Å². The largest absolute Gasteiger partial charge is 0.473 e. The van der Waals surface area contributed by atoms with Gasteiger partial charge >= 0.3 is 11.9 Å². The van der Waals surface area contributed by atoms with E-state index >= 15 is 0 Å². The lowest BCUT2D eigenvalue weighted by molar-refractivity contribution is -0.182. The van der Waals surface area contributed by atoms with Crippen molar-refractivity contribution in [2.75, 3.05) is 6.61 Å². The molecule has 0 radical (unpaired) electrons. The number of hydrogen-bond acceptors (Lipinski definition) is 5. The standard InChI is InChI=1S/C17H21ClN2O2.C2H2O4/c1-2-16-11-21-17(22-16,12-20-10-9-19-13-20)8-7-14-3-5-15(18)6-4-14;3-1(4)2(5)6/h3-6,9-10,13,16H,2,7-8,11-12H2,1H3;(H,3,4)(H,5,6). The van der Waals surface area contributed by atoms with Crippen LogP contribution in [0.25, 0.3) is 0 Å². The number of rotatable bonds is 6. The molecule has 0 aliphatic carbocycles. The van der Waals surface area contributed by atoms with Crippen molar-refractivity contribution in [2.45, 2.75) is 44.6 Å². The van der Waals surface area contributed by atoms with E-state index in [9.17, 15) is 0 Å². The normalized spacial score (nSPS) is 21.0. The zero-order valence-electron chi connectivity index (χ0n) is 15.5. The molecule has 0 saturated carbocycles. The molecule has 3 rings (SSSR count). The molecule has 1 aliphatic rings. The summed E-state index contributed by atoms with van der Waals surface area (Å²) in [6, 6.07) is 7.95. The van der Waals surface area contributed by atoms with Crippen LogP contribution in [0.5, 0.6) is 0 Å². The summed E-state index contributed by atoms with van der Waals surface area (Å²) in [5, 5.41) is 15.5. The molecule has 2 N–H and O–H groups in total. The van der Waals surface area contributed by atoms with Crippen molar-refractivity contribution in [1.82, 2.24) is 9.55 Å². The summed E-state index contributed by atoms with van der Waals surface area (Å²) in [6.07, 6.45) is 8.36. The number of nitrogens with zero attached hydrogens (tertiary/aromatic N) is 2. The lowest BCUT2D eigenvalue weighted by atomic mass is 10.0. The Morgan fingerprint density at radius 2 is 1.96 bits per heavy atom. The number of carboxylic acids is 2. The number of aliphatic carboxylic acids is 2. The maximum atomic E-state index is 9.10. The number of carbonyl (C=O) groups is 2. The third-order valence-corrected chi connectivity index (χ3v) is 4.49. The van der Waals surface area contributed by atoms with Gasteiger partial charge in [-0.2, -0.15) is 0 Å². The highest BCUT2D eigenvalue weighted by Gasteiger charge is 2.40. The van der Waals surface area contributed by atoms with E-state index in [1.165, 1.54) is 5.56 Å². The number of benzene rings is 1. The molecule has 2 aromatic rings. The number of carboxylic acid groups (broad SMARTS) is 2. The second kappa shape index (κ2) is 10.2. The highest BCUT2D eigenvalue weighted by molar-refractivity contribution is 6.30. The quantitative estimate of drug-likeness (QED) is 0.704. The molecule has 1 aromatic heterocycles. The van der Waals surface area contributed by atoms with Crippen LogP contribution in [-0.2, 0) is 32.0 Å². The molecule has 2 atom stereocenters.